The summed E-state index contributed by atoms with van der Waals surface area (Å²) in [5, 5.41) is 1.58. The summed E-state index contributed by atoms with van der Waals surface area (Å²) in [7, 11) is 0. The zero-order valence-corrected chi connectivity index (χ0v) is 12.7. The van der Waals surface area contributed by atoms with Crippen LogP contribution in [0, 0.1) is 5.82 Å². The summed E-state index contributed by atoms with van der Waals surface area (Å²) < 4.78 is 19.2. The van der Waals surface area contributed by atoms with E-state index in [1.165, 1.54) is 6.07 Å². The number of hydrogen-bond donors (Lipinski definition) is 1. The number of nitrogens with one attached hydrogen (secondary N) is 1. The monoisotopic (exact) mass is 314 g/mol. The average Bonchev–Trinajstić information content (AvgIpc) is 2.93. The van der Waals surface area contributed by atoms with E-state index in [2.05, 4.69) is 5.43 Å². The average molecular weight is 314 g/mol. The summed E-state index contributed by atoms with van der Waals surface area (Å²) in [6.07, 6.45) is 0.0985. The minimum Gasteiger partial charge on any atom is -0.371 e. The molecule has 1 unspecified atom stereocenters. The van der Waals surface area contributed by atoms with Crippen LogP contribution in [-0.4, -0.2) is 23.6 Å². The van der Waals surface area contributed by atoms with Crippen LogP contribution in [0.4, 0.5) is 4.39 Å². The van der Waals surface area contributed by atoms with Crippen molar-refractivity contribution < 1.29 is 13.9 Å². The smallest absolute Gasteiger partial charge is 0.239 e. The highest BCUT2D eigenvalue weighted by Crippen LogP contribution is 2.16. The number of amides is 1. The molecule has 0 saturated carbocycles. The van der Waals surface area contributed by atoms with E-state index < -0.39 is 0 Å². The Morgan fingerprint density at radius 2 is 1.87 bits per heavy atom. The van der Waals surface area contributed by atoms with Crippen LogP contribution in [0.1, 0.15) is 17.5 Å². The summed E-state index contributed by atoms with van der Waals surface area (Å²) in [4.78, 5) is 12.0. The van der Waals surface area contributed by atoms with Crippen LogP contribution in [0.15, 0.2) is 54.6 Å². The number of hydrazine groups is 1. The van der Waals surface area contributed by atoms with Crippen molar-refractivity contribution in [3.8, 4) is 0 Å². The highest BCUT2D eigenvalue weighted by atomic mass is 19.1. The fraction of sp³-hybridized carbons (Fsp3) is 0.278. The molecule has 4 nitrogen and oxygen atoms in total. The summed E-state index contributed by atoms with van der Waals surface area (Å²) in [5.74, 6) is -0.282. The Balaban J connectivity index is 1.48. The van der Waals surface area contributed by atoms with Gasteiger partial charge in [-0.15, -0.1) is 0 Å². The normalized spacial score (nSPS) is 17.7. The van der Waals surface area contributed by atoms with Crippen LogP contribution in [0.2, 0.25) is 0 Å². The fourth-order valence-electron chi connectivity index (χ4n) is 2.54. The van der Waals surface area contributed by atoms with Gasteiger partial charge in [0.15, 0.2) is 0 Å². The van der Waals surface area contributed by atoms with E-state index in [-0.39, 0.29) is 24.4 Å². The Labute approximate surface area is 134 Å². The van der Waals surface area contributed by atoms with Gasteiger partial charge in [0, 0.05) is 12.1 Å². The molecule has 0 bridgehead atoms. The van der Waals surface area contributed by atoms with Gasteiger partial charge in [-0.2, -0.15) is 0 Å². The lowest BCUT2D eigenvalue weighted by Crippen LogP contribution is -2.39. The third kappa shape index (κ3) is 4.15. The Morgan fingerprint density at radius 3 is 2.65 bits per heavy atom. The maximum Gasteiger partial charge on any atom is 0.239 e. The van der Waals surface area contributed by atoms with E-state index in [0.717, 1.165) is 5.56 Å². The van der Waals surface area contributed by atoms with Gasteiger partial charge in [-0.3, -0.25) is 9.80 Å². The van der Waals surface area contributed by atoms with Gasteiger partial charge in [-0.1, -0.05) is 48.5 Å². The number of halogens is 1. The molecule has 0 spiro atoms. The minimum absolute atomic E-state index is 0.000496. The van der Waals surface area contributed by atoms with Crippen molar-refractivity contribution in [1.29, 1.82) is 0 Å². The second kappa shape index (κ2) is 7.35. The molecule has 3 rings (SSSR count). The molecule has 0 radical (unpaired) electrons. The maximum atomic E-state index is 13.6. The van der Waals surface area contributed by atoms with Crippen molar-refractivity contribution in [3.05, 3.63) is 71.5 Å². The lowest BCUT2D eigenvalue weighted by molar-refractivity contribution is -0.130. The molecule has 1 N–H and O–H groups in total. The molecule has 2 aromatic carbocycles. The standard InChI is InChI=1S/C18H19FN2O2/c19-17-9-5-4-8-15(17)13-23-16-10-18(22)21(12-16)20-11-14-6-2-1-3-7-14/h1-9,16,20H,10-13H2. The van der Waals surface area contributed by atoms with Gasteiger partial charge >= 0.3 is 0 Å². The van der Waals surface area contributed by atoms with Crippen LogP contribution in [-0.2, 0) is 22.7 Å². The highest BCUT2D eigenvalue weighted by molar-refractivity contribution is 5.78. The van der Waals surface area contributed by atoms with E-state index in [1.54, 1.807) is 23.2 Å². The lowest BCUT2D eigenvalue weighted by Gasteiger charge is -2.18. The van der Waals surface area contributed by atoms with Crippen LogP contribution in [0.3, 0.4) is 0 Å². The van der Waals surface area contributed by atoms with Gasteiger partial charge < -0.3 is 4.74 Å². The summed E-state index contributed by atoms with van der Waals surface area (Å²) in [6, 6.07) is 16.4. The van der Waals surface area contributed by atoms with Crippen molar-refractivity contribution in [2.24, 2.45) is 0 Å². The van der Waals surface area contributed by atoms with E-state index in [9.17, 15) is 9.18 Å². The number of benzene rings is 2. The van der Waals surface area contributed by atoms with Gasteiger partial charge in [-0.05, 0) is 11.6 Å². The molecule has 120 valence electrons. The van der Waals surface area contributed by atoms with Crippen molar-refractivity contribution in [1.82, 2.24) is 10.4 Å². The molecule has 1 fully saturated rings. The Bertz CT molecular complexity index is 663. The van der Waals surface area contributed by atoms with Gasteiger partial charge in [-0.25, -0.2) is 9.82 Å². The van der Waals surface area contributed by atoms with Crippen molar-refractivity contribution in [2.75, 3.05) is 6.54 Å². The van der Waals surface area contributed by atoms with E-state index in [0.29, 0.717) is 25.1 Å². The largest absolute Gasteiger partial charge is 0.371 e. The van der Waals surface area contributed by atoms with Crippen molar-refractivity contribution >= 4 is 5.91 Å². The highest BCUT2D eigenvalue weighted by Gasteiger charge is 2.30. The molecule has 23 heavy (non-hydrogen) atoms. The molecule has 1 atom stereocenters. The Morgan fingerprint density at radius 1 is 1.13 bits per heavy atom. The molecule has 0 aromatic heterocycles. The summed E-state index contributed by atoms with van der Waals surface area (Å²) >= 11 is 0. The summed E-state index contributed by atoms with van der Waals surface area (Å²) in [6.45, 7) is 1.24. The van der Waals surface area contributed by atoms with Gasteiger partial charge in [0.25, 0.3) is 0 Å². The number of carbonyl (C=O) groups excluding carboxylic acids is 1. The predicted octanol–water partition coefficient (Wildman–Crippen LogP) is 2.65. The van der Waals surface area contributed by atoms with Gasteiger partial charge in [0.2, 0.25) is 5.91 Å². The molecular formula is C18H19FN2O2. The molecule has 1 amide bonds. The molecule has 1 aliphatic rings. The maximum absolute atomic E-state index is 13.6. The van der Waals surface area contributed by atoms with Crippen molar-refractivity contribution in [2.45, 2.75) is 25.7 Å². The number of nitrogens with zero attached hydrogens (tertiary/aromatic N) is 1. The first-order valence-electron chi connectivity index (χ1n) is 7.65. The first-order chi connectivity index (χ1) is 11.2. The van der Waals surface area contributed by atoms with Crippen LogP contribution < -0.4 is 5.43 Å². The van der Waals surface area contributed by atoms with E-state index in [4.69, 9.17) is 4.74 Å². The Kier molecular flexibility index (Phi) is 5.00. The third-order valence-corrected chi connectivity index (χ3v) is 3.84. The fourth-order valence-corrected chi connectivity index (χ4v) is 2.54. The van der Waals surface area contributed by atoms with E-state index >= 15 is 0 Å². The first-order valence-corrected chi connectivity index (χ1v) is 7.65. The predicted molar refractivity (Wildman–Crippen MR) is 84.6 cm³/mol. The first kappa shape index (κ1) is 15.6. The zero-order valence-electron chi connectivity index (χ0n) is 12.7. The molecule has 2 aromatic rings. The topological polar surface area (TPSA) is 41.6 Å². The van der Waals surface area contributed by atoms with Crippen molar-refractivity contribution in [3.63, 3.8) is 0 Å². The van der Waals surface area contributed by atoms with Crippen LogP contribution in [0.25, 0.3) is 0 Å². The number of rotatable bonds is 6. The zero-order chi connectivity index (χ0) is 16.1. The molecule has 5 heteroatoms. The molecule has 1 heterocycles. The third-order valence-electron chi connectivity index (χ3n) is 3.84. The minimum atomic E-state index is -0.282. The molecule has 1 aliphatic heterocycles. The number of carbonyl (C=O) groups is 1. The lowest BCUT2D eigenvalue weighted by atomic mass is 10.2. The summed E-state index contributed by atoms with van der Waals surface area (Å²) in [5.41, 5.74) is 4.73. The molecule has 0 aliphatic carbocycles. The van der Waals surface area contributed by atoms with Crippen LogP contribution >= 0.6 is 0 Å². The number of ether oxygens (including phenoxy) is 1. The molecular weight excluding hydrogens is 295 g/mol. The van der Waals surface area contributed by atoms with Gasteiger partial charge in [0.05, 0.1) is 25.7 Å². The Hall–Kier alpha value is -2.24. The van der Waals surface area contributed by atoms with Gasteiger partial charge in [0.1, 0.15) is 5.82 Å². The quantitative estimate of drug-likeness (QED) is 0.891. The van der Waals surface area contributed by atoms with E-state index in [1.807, 2.05) is 30.3 Å². The van der Waals surface area contributed by atoms with Crippen LogP contribution in [0.5, 0.6) is 0 Å². The number of hydrogen-bond acceptors (Lipinski definition) is 3. The molecule has 1 saturated heterocycles. The second-order valence-electron chi connectivity index (χ2n) is 5.55. The SMILES string of the molecule is O=C1CC(OCc2ccccc2F)CN1NCc1ccccc1. The second-order valence-corrected chi connectivity index (χ2v) is 5.55.